The molecule has 0 spiro atoms. The minimum absolute atomic E-state index is 0.0626. The van der Waals surface area contributed by atoms with E-state index in [0.29, 0.717) is 10.0 Å². The number of para-hydroxylation sites is 1. The van der Waals surface area contributed by atoms with Gasteiger partial charge in [-0.05, 0) is 40.2 Å². The Morgan fingerprint density at radius 2 is 1.84 bits per heavy atom. The molecule has 0 atom stereocenters. The Kier molecular flexibility index (Phi) is 4.01. The van der Waals surface area contributed by atoms with Crippen molar-refractivity contribution in [3.63, 3.8) is 0 Å². The maximum absolute atomic E-state index is 13.5. The molecular weight excluding hydrogens is 315 g/mol. The van der Waals surface area contributed by atoms with Crippen molar-refractivity contribution in [1.29, 1.82) is 0 Å². The van der Waals surface area contributed by atoms with Gasteiger partial charge in [0.1, 0.15) is 5.75 Å². The third-order valence-corrected chi connectivity index (χ3v) is 3.06. The zero-order valence-electron chi connectivity index (χ0n) is 9.68. The highest BCUT2D eigenvalue weighted by Crippen LogP contribution is 2.31. The lowest BCUT2D eigenvalue weighted by Gasteiger charge is -2.12. The summed E-state index contributed by atoms with van der Waals surface area (Å²) in [6.45, 7) is 0. The number of oxime groups is 1. The highest BCUT2D eigenvalue weighted by molar-refractivity contribution is 9.10. The van der Waals surface area contributed by atoms with Crippen molar-refractivity contribution in [2.24, 2.45) is 10.9 Å². The SMILES string of the molecule is N/C(=N/O)c1c(Br)cccc1Oc1ccccc1F. The van der Waals surface area contributed by atoms with E-state index >= 15 is 0 Å². The fraction of sp³-hybridized carbons (Fsp3) is 0. The van der Waals surface area contributed by atoms with Crippen LogP contribution >= 0.6 is 15.9 Å². The molecule has 0 aromatic heterocycles. The van der Waals surface area contributed by atoms with Gasteiger partial charge in [-0.25, -0.2) is 4.39 Å². The second-order valence-electron chi connectivity index (χ2n) is 3.63. The molecule has 0 bridgehead atoms. The summed E-state index contributed by atoms with van der Waals surface area (Å²) < 4.78 is 19.6. The lowest BCUT2D eigenvalue weighted by Crippen LogP contribution is -2.15. The summed E-state index contributed by atoms with van der Waals surface area (Å²) in [5.41, 5.74) is 5.94. The van der Waals surface area contributed by atoms with Crippen LogP contribution in [0.15, 0.2) is 52.1 Å². The largest absolute Gasteiger partial charge is 0.453 e. The van der Waals surface area contributed by atoms with Crippen molar-refractivity contribution in [3.8, 4) is 11.5 Å². The van der Waals surface area contributed by atoms with E-state index in [1.165, 1.54) is 12.1 Å². The van der Waals surface area contributed by atoms with Gasteiger partial charge in [0.2, 0.25) is 0 Å². The number of ether oxygens (including phenoxy) is 1. The first-order valence-electron chi connectivity index (χ1n) is 5.32. The molecule has 6 heteroatoms. The first-order valence-corrected chi connectivity index (χ1v) is 6.11. The van der Waals surface area contributed by atoms with E-state index in [1.807, 2.05) is 0 Å². The minimum Gasteiger partial charge on any atom is -0.453 e. The minimum atomic E-state index is -0.493. The highest BCUT2D eigenvalue weighted by Gasteiger charge is 2.14. The smallest absolute Gasteiger partial charge is 0.175 e. The molecule has 0 heterocycles. The van der Waals surface area contributed by atoms with Gasteiger partial charge in [0, 0.05) is 4.47 Å². The van der Waals surface area contributed by atoms with Crippen molar-refractivity contribution in [1.82, 2.24) is 0 Å². The van der Waals surface area contributed by atoms with Crippen LogP contribution in [-0.4, -0.2) is 11.0 Å². The topological polar surface area (TPSA) is 67.8 Å². The first-order chi connectivity index (χ1) is 9.13. The van der Waals surface area contributed by atoms with Crippen LogP contribution in [0.4, 0.5) is 4.39 Å². The first kappa shape index (κ1) is 13.4. The molecule has 98 valence electrons. The Balaban J connectivity index is 2.47. The quantitative estimate of drug-likeness (QED) is 0.393. The molecule has 3 N–H and O–H groups in total. The van der Waals surface area contributed by atoms with E-state index in [9.17, 15) is 4.39 Å². The molecule has 4 nitrogen and oxygen atoms in total. The molecule has 0 aliphatic carbocycles. The van der Waals surface area contributed by atoms with Crippen molar-refractivity contribution >= 4 is 21.8 Å². The second kappa shape index (κ2) is 5.71. The van der Waals surface area contributed by atoms with Crippen molar-refractivity contribution in [3.05, 3.63) is 58.3 Å². The Hall–Kier alpha value is -2.08. The number of rotatable bonds is 3. The number of hydrogen-bond acceptors (Lipinski definition) is 3. The molecule has 2 rings (SSSR count). The maximum atomic E-state index is 13.5. The fourth-order valence-electron chi connectivity index (χ4n) is 1.53. The average Bonchev–Trinajstić information content (AvgIpc) is 2.41. The van der Waals surface area contributed by atoms with Crippen molar-refractivity contribution < 1.29 is 14.3 Å². The molecule has 0 saturated carbocycles. The molecule has 0 aliphatic heterocycles. The summed E-state index contributed by atoms with van der Waals surface area (Å²) in [5.74, 6) is -0.269. The van der Waals surface area contributed by atoms with E-state index in [0.717, 1.165) is 0 Å². The van der Waals surface area contributed by atoms with E-state index in [1.54, 1.807) is 30.3 Å². The third kappa shape index (κ3) is 2.85. The maximum Gasteiger partial charge on any atom is 0.175 e. The predicted octanol–water partition coefficient (Wildman–Crippen LogP) is 3.48. The molecule has 0 saturated heterocycles. The highest BCUT2D eigenvalue weighted by atomic mass is 79.9. The molecule has 0 radical (unpaired) electrons. The number of benzene rings is 2. The Morgan fingerprint density at radius 1 is 1.16 bits per heavy atom. The van der Waals surface area contributed by atoms with Crippen LogP contribution in [0.5, 0.6) is 11.5 Å². The Morgan fingerprint density at radius 3 is 2.53 bits per heavy atom. The van der Waals surface area contributed by atoms with Gasteiger partial charge >= 0.3 is 0 Å². The van der Waals surface area contributed by atoms with Gasteiger partial charge in [0.05, 0.1) is 5.56 Å². The third-order valence-electron chi connectivity index (χ3n) is 2.40. The molecule has 0 amide bonds. The van der Waals surface area contributed by atoms with Crippen LogP contribution in [-0.2, 0) is 0 Å². The van der Waals surface area contributed by atoms with Gasteiger partial charge in [0.25, 0.3) is 0 Å². The monoisotopic (exact) mass is 324 g/mol. The van der Waals surface area contributed by atoms with Crippen LogP contribution in [0.2, 0.25) is 0 Å². The summed E-state index contributed by atoms with van der Waals surface area (Å²) >= 11 is 3.27. The zero-order chi connectivity index (χ0) is 13.8. The Labute approximate surface area is 117 Å². The van der Waals surface area contributed by atoms with Gasteiger partial charge in [-0.3, -0.25) is 0 Å². The van der Waals surface area contributed by atoms with Crippen LogP contribution in [0.1, 0.15) is 5.56 Å². The van der Waals surface area contributed by atoms with Crippen molar-refractivity contribution in [2.75, 3.05) is 0 Å². The van der Waals surface area contributed by atoms with E-state index in [2.05, 4.69) is 21.1 Å². The number of hydrogen-bond donors (Lipinski definition) is 2. The lowest BCUT2D eigenvalue weighted by molar-refractivity contribution is 0.318. The van der Waals surface area contributed by atoms with Gasteiger partial charge in [-0.2, -0.15) is 0 Å². The molecule has 0 aliphatic rings. The molecule has 0 unspecified atom stereocenters. The summed E-state index contributed by atoms with van der Waals surface area (Å²) in [6, 6.07) is 11.0. The lowest BCUT2D eigenvalue weighted by atomic mass is 10.2. The summed E-state index contributed by atoms with van der Waals surface area (Å²) in [4.78, 5) is 0. The zero-order valence-corrected chi connectivity index (χ0v) is 11.3. The number of halogens is 2. The second-order valence-corrected chi connectivity index (χ2v) is 4.49. The van der Waals surface area contributed by atoms with E-state index in [4.69, 9.17) is 15.7 Å². The van der Waals surface area contributed by atoms with Crippen LogP contribution < -0.4 is 10.5 Å². The van der Waals surface area contributed by atoms with Crippen LogP contribution in [0.3, 0.4) is 0 Å². The van der Waals surface area contributed by atoms with Gasteiger partial charge in [0.15, 0.2) is 17.4 Å². The summed E-state index contributed by atoms with van der Waals surface area (Å²) in [5, 5.41) is 11.7. The average molecular weight is 325 g/mol. The molecule has 0 fully saturated rings. The van der Waals surface area contributed by atoms with Gasteiger partial charge in [-0.15, -0.1) is 0 Å². The predicted molar refractivity (Wildman–Crippen MR) is 73.1 cm³/mol. The van der Waals surface area contributed by atoms with E-state index in [-0.39, 0.29) is 17.3 Å². The molecule has 19 heavy (non-hydrogen) atoms. The standard InChI is InChI=1S/C13H10BrFN2O2/c14-8-4-3-7-11(12(8)13(16)17-18)19-10-6-2-1-5-9(10)15/h1-7,18H,(H2,16,17). The molecule has 2 aromatic carbocycles. The molecule has 2 aromatic rings. The van der Waals surface area contributed by atoms with Crippen molar-refractivity contribution in [2.45, 2.75) is 0 Å². The summed E-state index contributed by atoms with van der Waals surface area (Å²) in [6.07, 6.45) is 0. The number of nitrogens with two attached hydrogens (primary N) is 1. The van der Waals surface area contributed by atoms with Gasteiger partial charge in [-0.1, -0.05) is 23.4 Å². The van der Waals surface area contributed by atoms with Crippen LogP contribution in [0, 0.1) is 5.82 Å². The number of nitrogens with zero attached hydrogens (tertiary/aromatic N) is 1. The Bertz CT molecular complexity index is 632. The van der Waals surface area contributed by atoms with E-state index < -0.39 is 5.82 Å². The molecular formula is C13H10BrFN2O2. The van der Waals surface area contributed by atoms with Crippen LogP contribution in [0.25, 0.3) is 0 Å². The summed E-state index contributed by atoms with van der Waals surface area (Å²) in [7, 11) is 0. The fourth-order valence-corrected chi connectivity index (χ4v) is 2.09. The number of amidine groups is 1. The normalized spacial score (nSPS) is 11.4. The van der Waals surface area contributed by atoms with Gasteiger partial charge < -0.3 is 15.7 Å².